The van der Waals surface area contributed by atoms with Gasteiger partial charge in [0.1, 0.15) is 5.76 Å². The maximum absolute atomic E-state index is 12.8. The highest BCUT2D eigenvalue weighted by Crippen LogP contribution is 2.24. The van der Waals surface area contributed by atoms with E-state index >= 15 is 0 Å². The Hall–Kier alpha value is -2.25. The predicted octanol–water partition coefficient (Wildman–Crippen LogP) is 2.66. The normalized spacial score (nSPS) is 12.4. The van der Waals surface area contributed by atoms with E-state index in [1.807, 2.05) is 0 Å². The monoisotopic (exact) mass is 363 g/mol. The molecule has 0 bridgehead atoms. The second-order valence-electron chi connectivity index (χ2n) is 5.19. The van der Waals surface area contributed by atoms with Crippen LogP contribution in [0.3, 0.4) is 0 Å². The molecular formula is C16H14ClN3O3S. The van der Waals surface area contributed by atoms with Crippen LogP contribution >= 0.6 is 23.4 Å². The van der Waals surface area contributed by atoms with Crippen molar-refractivity contribution < 1.29 is 9.21 Å². The van der Waals surface area contributed by atoms with E-state index in [9.17, 15) is 9.59 Å². The molecule has 0 fully saturated rings. The average Bonchev–Trinajstić information content (AvgIpc) is 3.03. The summed E-state index contributed by atoms with van der Waals surface area (Å²) in [5.41, 5.74) is 5.58. The summed E-state index contributed by atoms with van der Waals surface area (Å²) in [6, 6.07) is 8.41. The van der Waals surface area contributed by atoms with E-state index < -0.39 is 11.2 Å². The maximum Gasteiger partial charge on any atom is 0.262 e. The standard InChI is InChI=1S/C16H14ClN3O3S/c1-9(14(18)21)24-16-19-13-7-10(17)4-5-12(13)15(22)20(16)8-11-3-2-6-23-11/h2-7,9H,8H2,1H3,(H2,18,21)/t9-/m1/s1. The van der Waals surface area contributed by atoms with E-state index in [0.29, 0.717) is 26.8 Å². The maximum atomic E-state index is 12.8. The van der Waals surface area contributed by atoms with Crippen molar-refractivity contribution in [2.45, 2.75) is 23.9 Å². The van der Waals surface area contributed by atoms with Gasteiger partial charge < -0.3 is 10.2 Å². The Kier molecular flexibility index (Phi) is 4.64. The first kappa shape index (κ1) is 16.6. The van der Waals surface area contributed by atoms with E-state index in [1.165, 1.54) is 10.8 Å². The van der Waals surface area contributed by atoms with Crippen molar-refractivity contribution in [1.82, 2.24) is 9.55 Å². The lowest BCUT2D eigenvalue weighted by atomic mass is 10.2. The zero-order valence-electron chi connectivity index (χ0n) is 12.7. The Balaban J connectivity index is 2.17. The minimum absolute atomic E-state index is 0.214. The number of halogens is 1. The molecule has 24 heavy (non-hydrogen) atoms. The van der Waals surface area contributed by atoms with Gasteiger partial charge in [-0.3, -0.25) is 14.2 Å². The summed E-state index contributed by atoms with van der Waals surface area (Å²) < 4.78 is 6.79. The second kappa shape index (κ2) is 6.70. The average molecular weight is 364 g/mol. The summed E-state index contributed by atoms with van der Waals surface area (Å²) in [5, 5.41) is 0.785. The van der Waals surface area contributed by atoms with Gasteiger partial charge in [0.05, 0.1) is 29.0 Å². The van der Waals surface area contributed by atoms with Crippen molar-refractivity contribution in [3.05, 3.63) is 57.7 Å². The fourth-order valence-electron chi connectivity index (χ4n) is 2.18. The minimum Gasteiger partial charge on any atom is -0.467 e. The molecule has 1 amide bonds. The smallest absolute Gasteiger partial charge is 0.262 e. The Morgan fingerprint density at radius 2 is 2.25 bits per heavy atom. The summed E-state index contributed by atoms with van der Waals surface area (Å²) in [4.78, 5) is 28.7. The largest absolute Gasteiger partial charge is 0.467 e. The van der Waals surface area contributed by atoms with Crippen LogP contribution in [0, 0.1) is 0 Å². The van der Waals surface area contributed by atoms with Crippen LogP contribution in [-0.4, -0.2) is 20.7 Å². The first-order chi connectivity index (χ1) is 11.5. The number of carbonyl (C=O) groups is 1. The van der Waals surface area contributed by atoms with E-state index in [-0.39, 0.29) is 12.1 Å². The van der Waals surface area contributed by atoms with Crippen LogP contribution in [0.5, 0.6) is 0 Å². The number of benzene rings is 1. The molecule has 124 valence electrons. The number of nitrogens with two attached hydrogens (primary N) is 1. The van der Waals surface area contributed by atoms with Crippen molar-refractivity contribution in [1.29, 1.82) is 0 Å². The van der Waals surface area contributed by atoms with Gasteiger partial charge in [-0.05, 0) is 37.3 Å². The summed E-state index contributed by atoms with van der Waals surface area (Å²) in [6.45, 7) is 1.88. The molecule has 6 nitrogen and oxygen atoms in total. The number of nitrogens with zero attached hydrogens (tertiary/aromatic N) is 2. The SMILES string of the molecule is C[C@@H](Sc1nc2cc(Cl)ccc2c(=O)n1Cc1ccco1)C(N)=O. The lowest BCUT2D eigenvalue weighted by Crippen LogP contribution is -2.27. The molecule has 3 rings (SSSR count). The number of hydrogen-bond acceptors (Lipinski definition) is 5. The van der Waals surface area contributed by atoms with E-state index in [0.717, 1.165) is 11.8 Å². The Labute approximate surface area is 146 Å². The molecule has 0 unspecified atom stereocenters. The zero-order valence-corrected chi connectivity index (χ0v) is 14.3. The van der Waals surface area contributed by atoms with Gasteiger partial charge in [0, 0.05) is 5.02 Å². The van der Waals surface area contributed by atoms with Crippen molar-refractivity contribution in [3.8, 4) is 0 Å². The van der Waals surface area contributed by atoms with E-state index in [4.69, 9.17) is 21.8 Å². The van der Waals surface area contributed by atoms with Crippen LogP contribution in [0.15, 0.2) is 51.0 Å². The lowest BCUT2D eigenvalue weighted by Gasteiger charge is -2.14. The van der Waals surface area contributed by atoms with Gasteiger partial charge in [0.2, 0.25) is 5.91 Å². The topological polar surface area (TPSA) is 91.1 Å². The van der Waals surface area contributed by atoms with Crippen molar-refractivity contribution >= 4 is 40.2 Å². The molecule has 0 spiro atoms. The lowest BCUT2D eigenvalue weighted by molar-refractivity contribution is -0.117. The fourth-order valence-corrected chi connectivity index (χ4v) is 3.20. The number of rotatable bonds is 5. The minimum atomic E-state index is -0.531. The highest BCUT2D eigenvalue weighted by atomic mass is 35.5. The highest BCUT2D eigenvalue weighted by molar-refractivity contribution is 8.00. The van der Waals surface area contributed by atoms with Crippen molar-refractivity contribution in [3.63, 3.8) is 0 Å². The molecule has 3 aromatic rings. The van der Waals surface area contributed by atoms with E-state index in [2.05, 4.69) is 4.98 Å². The molecular weight excluding hydrogens is 350 g/mol. The molecule has 2 heterocycles. The first-order valence-corrected chi connectivity index (χ1v) is 8.40. The number of aromatic nitrogens is 2. The van der Waals surface area contributed by atoms with Gasteiger partial charge in [0.25, 0.3) is 5.56 Å². The number of thioether (sulfide) groups is 1. The van der Waals surface area contributed by atoms with Crippen LogP contribution in [0.2, 0.25) is 5.02 Å². The molecule has 2 aromatic heterocycles. The van der Waals surface area contributed by atoms with Gasteiger partial charge in [-0.15, -0.1) is 0 Å². The summed E-state index contributed by atoms with van der Waals surface area (Å²) >= 11 is 7.12. The molecule has 0 aliphatic rings. The highest BCUT2D eigenvalue weighted by Gasteiger charge is 2.18. The Bertz CT molecular complexity index is 953. The third-order valence-electron chi connectivity index (χ3n) is 3.46. The van der Waals surface area contributed by atoms with Gasteiger partial charge >= 0.3 is 0 Å². The Morgan fingerprint density at radius 3 is 2.92 bits per heavy atom. The van der Waals surface area contributed by atoms with Gasteiger partial charge in [-0.25, -0.2) is 4.98 Å². The fraction of sp³-hybridized carbons (Fsp3) is 0.188. The molecule has 0 aliphatic carbocycles. The number of primary amides is 1. The number of hydrogen-bond donors (Lipinski definition) is 1. The molecule has 8 heteroatoms. The third kappa shape index (κ3) is 3.32. The summed E-state index contributed by atoms with van der Waals surface area (Å²) in [5.74, 6) is 0.130. The summed E-state index contributed by atoms with van der Waals surface area (Å²) in [7, 11) is 0. The van der Waals surface area contributed by atoms with Crippen LogP contribution in [0.1, 0.15) is 12.7 Å². The van der Waals surface area contributed by atoms with Gasteiger partial charge in [-0.1, -0.05) is 23.4 Å². The molecule has 0 aliphatic heterocycles. The van der Waals surface area contributed by atoms with Crippen LogP contribution in [0.4, 0.5) is 0 Å². The van der Waals surface area contributed by atoms with Crippen LogP contribution in [0.25, 0.3) is 10.9 Å². The second-order valence-corrected chi connectivity index (χ2v) is 6.93. The number of carbonyl (C=O) groups excluding carboxylic acids is 1. The van der Waals surface area contributed by atoms with Gasteiger partial charge in [0.15, 0.2) is 5.16 Å². The van der Waals surface area contributed by atoms with Crippen molar-refractivity contribution in [2.24, 2.45) is 5.73 Å². The van der Waals surface area contributed by atoms with Crippen LogP contribution in [-0.2, 0) is 11.3 Å². The zero-order chi connectivity index (χ0) is 17.3. The molecule has 0 saturated carbocycles. The molecule has 0 saturated heterocycles. The quantitative estimate of drug-likeness (QED) is 0.555. The molecule has 0 radical (unpaired) electrons. The predicted molar refractivity (Wildman–Crippen MR) is 93.3 cm³/mol. The first-order valence-electron chi connectivity index (χ1n) is 7.14. The third-order valence-corrected chi connectivity index (χ3v) is 4.80. The molecule has 1 aromatic carbocycles. The number of fused-ring (bicyclic) bond motifs is 1. The number of furan rings is 1. The summed E-state index contributed by atoms with van der Waals surface area (Å²) in [6.07, 6.45) is 1.54. The number of amides is 1. The van der Waals surface area contributed by atoms with Crippen molar-refractivity contribution in [2.75, 3.05) is 0 Å². The van der Waals surface area contributed by atoms with Crippen LogP contribution < -0.4 is 11.3 Å². The Morgan fingerprint density at radius 1 is 1.46 bits per heavy atom. The molecule has 1 atom stereocenters. The van der Waals surface area contributed by atoms with E-state index in [1.54, 1.807) is 37.3 Å². The van der Waals surface area contributed by atoms with Gasteiger partial charge in [-0.2, -0.15) is 0 Å². The molecule has 2 N–H and O–H groups in total.